The van der Waals surface area contributed by atoms with Crippen LogP contribution >= 0.6 is 0 Å². The lowest BCUT2D eigenvalue weighted by atomic mass is 10.1. The van der Waals surface area contributed by atoms with Gasteiger partial charge in [-0.15, -0.1) is 0 Å². The number of ether oxygens (including phenoxy) is 2. The second-order valence-electron chi connectivity index (χ2n) is 8.63. The normalized spacial score (nSPS) is 13.8. The van der Waals surface area contributed by atoms with Crippen LogP contribution in [0.4, 0.5) is 5.69 Å². The fraction of sp³-hybridized carbons (Fsp3) is 0.308. The van der Waals surface area contributed by atoms with Crippen LogP contribution in [0, 0.1) is 6.92 Å². The number of anilines is 1. The molecule has 0 aliphatic carbocycles. The van der Waals surface area contributed by atoms with E-state index < -0.39 is 0 Å². The van der Waals surface area contributed by atoms with E-state index >= 15 is 0 Å². The zero-order chi connectivity index (χ0) is 25.2. The lowest BCUT2D eigenvalue weighted by molar-refractivity contribution is -0.132. The first-order valence-electron chi connectivity index (χ1n) is 11.8. The van der Waals surface area contributed by atoms with Gasteiger partial charge < -0.3 is 19.3 Å². The SMILES string of the molecule is COc1ccc(-c2cc3c(=O)n(CC(=O)N4CCN(c5cccc(OC)c5)CC4)nc(C)n3n2)cc1. The highest BCUT2D eigenvalue weighted by molar-refractivity contribution is 5.76. The Morgan fingerprint density at radius 3 is 2.33 bits per heavy atom. The molecule has 0 saturated carbocycles. The summed E-state index contributed by atoms with van der Waals surface area (Å²) in [7, 11) is 3.26. The number of carbonyl (C=O) groups is 1. The molecule has 5 rings (SSSR count). The van der Waals surface area contributed by atoms with Crippen LogP contribution in [0.2, 0.25) is 0 Å². The maximum atomic E-state index is 13.2. The molecule has 3 heterocycles. The molecule has 1 fully saturated rings. The maximum absolute atomic E-state index is 13.2. The topological polar surface area (TPSA) is 94.2 Å². The van der Waals surface area contributed by atoms with Gasteiger partial charge in [0, 0.05) is 43.5 Å². The molecule has 10 heteroatoms. The van der Waals surface area contributed by atoms with E-state index in [1.165, 1.54) is 9.20 Å². The molecule has 2 aromatic heterocycles. The Morgan fingerprint density at radius 2 is 1.64 bits per heavy atom. The Labute approximate surface area is 208 Å². The van der Waals surface area contributed by atoms with E-state index in [0.29, 0.717) is 43.2 Å². The number of amides is 1. The van der Waals surface area contributed by atoms with Gasteiger partial charge in [0.05, 0.1) is 19.9 Å². The molecule has 1 amide bonds. The third-order valence-corrected chi connectivity index (χ3v) is 6.46. The molecule has 1 aliphatic rings. The van der Waals surface area contributed by atoms with Gasteiger partial charge in [-0.1, -0.05) is 6.07 Å². The van der Waals surface area contributed by atoms with E-state index in [2.05, 4.69) is 15.1 Å². The van der Waals surface area contributed by atoms with Crippen LogP contribution < -0.4 is 19.9 Å². The summed E-state index contributed by atoms with van der Waals surface area (Å²) in [6, 6.07) is 17.1. The van der Waals surface area contributed by atoms with Gasteiger partial charge in [-0.05, 0) is 49.4 Å². The molecule has 4 aromatic rings. The number of hydrogen-bond acceptors (Lipinski definition) is 7. The van der Waals surface area contributed by atoms with Crippen LogP contribution in [0.1, 0.15) is 5.82 Å². The Balaban J connectivity index is 1.31. The van der Waals surface area contributed by atoms with Gasteiger partial charge in [0.1, 0.15) is 29.4 Å². The summed E-state index contributed by atoms with van der Waals surface area (Å²) in [5, 5.41) is 8.91. The van der Waals surface area contributed by atoms with E-state index in [1.54, 1.807) is 32.1 Å². The number of hydrogen-bond donors (Lipinski definition) is 0. The van der Waals surface area contributed by atoms with Crippen molar-refractivity contribution < 1.29 is 14.3 Å². The van der Waals surface area contributed by atoms with Crippen molar-refractivity contribution in [3.63, 3.8) is 0 Å². The van der Waals surface area contributed by atoms with E-state index in [0.717, 1.165) is 22.7 Å². The van der Waals surface area contributed by atoms with Gasteiger partial charge in [0.25, 0.3) is 5.56 Å². The second-order valence-corrected chi connectivity index (χ2v) is 8.63. The molecule has 0 N–H and O–H groups in total. The Hall–Kier alpha value is -4.34. The highest BCUT2D eigenvalue weighted by Gasteiger charge is 2.23. The lowest BCUT2D eigenvalue weighted by Gasteiger charge is -2.36. The number of fused-ring (bicyclic) bond motifs is 1. The maximum Gasteiger partial charge on any atom is 0.293 e. The first-order chi connectivity index (χ1) is 17.5. The molecular formula is C26H28N6O4. The number of carbonyl (C=O) groups excluding carboxylic acids is 1. The van der Waals surface area contributed by atoms with Crippen LogP contribution in [0.3, 0.4) is 0 Å². The minimum Gasteiger partial charge on any atom is -0.497 e. The summed E-state index contributed by atoms with van der Waals surface area (Å²) in [5.41, 5.74) is 2.60. The molecule has 0 unspecified atom stereocenters. The monoisotopic (exact) mass is 488 g/mol. The first kappa shape index (κ1) is 23.4. The summed E-state index contributed by atoms with van der Waals surface area (Å²) in [6.45, 7) is 4.20. The molecule has 0 radical (unpaired) electrons. The number of piperazine rings is 1. The number of aromatic nitrogens is 4. The smallest absolute Gasteiger partial charge is 0.293 e. The summed E-state index contributed by atoms with van der Waals surface area (Å²) in [6.07, 6.45) is 0. The molecule has 0 spiro atoms. The second kappa shape index (κ2) is 9.73. The Bertz CT molecular complexity index is 1450. The van der Waals surface area contributed by atoms with Gasteiger partial charge in [-0.25, -0.2) is 9.20 Å². The molecule has 1 saturated heterocycles. The molecule has 186 valence electrons. The first-order valence-corrected chi connectivity index (χ1v) is 11.8. The van der Waals surface area contributed by atoms with E-state index in [4.69, 9.17) is 9.47 Å². The van der Waals surface area contributed by atoms with Crippen LogP contribution in [0.5, 0.6) is 11.5 Å². The Morgan fingerprint density at radius 1 is 0.917 bits per heavy atom. The van der Waals surface area contributed by atoms with Gasteiger partial charge in [-0.2, -0.15) is 10.2 Å². The fourth-order valence-electron chi connectivity index (χ4n) is 4.43. The van der Waals surface area contributed by atoms with Gasteiger partial charge in [0.15, 0.2) is 0 Å². The molecule has 0 atom stereocenters. The number of rotatable bonds is 6. The number of nitrogens with zero attached hydrogens (tertiary/aromatic N) is 6. The zero-order valence-electron chi connectivity index (χ0n) is 20.5. The van der Waals surface area contributed by atoms with Crippen molar-refractivity contribution in [2.45, 2.75) is 13.5 Å². The van der Waals surface area contributed by atoms with Gasteiger partial charge in [-0.3, -0.25) is 9.59 Å². The Kier molecular flexibility index (Phi) is 6.32. The standard InChI is InChI=1S/C26H28N6O4/c1-18-27-31(26(34)24-16-23(28-32(18)24)19-7-9-21(35-2)10-8-19)17-25(33)30-13-11-29(12-14-30)20-5-4-6-22(15-20)36-3/h4-10,15-16H,11-14,17H2,1-3H3. The van der Waals surface area contributed by atoms with Crippen molar-refractivity contribution in [1.29, 1.82) is 0 Å². The van der Waals surface area contributed by atoms with Crippen LogP contribution in [-0.2, 0) is 11.3 Å². The number of aryl methyl sites for hydroxylation is 1. The van der Waals surface area contributed by atoms with Crippen LogP contribution in [-0.4, -0.2) is 70.6 Å². The number of methoxy groups -OCH3 is 2. The molecule has 1 aliphatic heterocycles. The molecular weight excluding hydrogens is 460 g/mol. The average molecular weight is 489 g/mol. The summed E-state index contributed by atoms with van der Waals surface area (Å²) >= 11 is 0. The summed E-state index contributed by atoms with van der Waals surface area (Å²) < 4.78 is 13.3. The lowest BCUT2D eigenvalue weighted by Crippen LogP contribution is -2.50. The van der Waals surface area contributed by atoms with E-state index in [9.17, 15) is 9.59 Å². The van der Waals surface area contributed by atoms with Crippen molar-refractivity contribution in [2.24, 2.45) is 0 Å². The van der Waals surface area contributed by atoms with Crippen LogP contribution in [0.15, 0.2) is 59.4 Å². The molecule has 10 nitrogen and oxygen atoms in total. The zero-order valence-corrected chi connectivity index (χ0v) is 20.5. The highest BCUT2D eigenvalue weighted by Crippen LogP contribution is 2.23. The quantitative estimate of drug-likeness (QED) is 0.411. The van der Waals surface area contributed by atoms with E-state index in [-0.39, 0.29) is 18.0 Å². The largest absolute Gasteiger partial charge is 0.497 e. The van der Waals surface area contributed by atoms with Gasteiger partial charge >= 0.3 is 0 Å². The van der Waals surface area contributed by atoms with Crippen molar-refractivity contribution in [2.75, 3.05) is 45.3 Å². The minimum absolute atomic E-state index is 0.113. The molecule has 36 heavy (non-hydrogen) atoms. The van der Waals surface area contributed by atoms with Crippen molar-refractivity contribution in [3.8, 4) is 22.8 Å². The predicted molar refractivity (Wildman–Crippen MR) is 136 cm³/mol. The highest BCUT2D eigenvalue weighted by atomic mass is 16.5. The van der Waals surface area contributed by atoms with Gasteiger partial charge in [0.2, 0.25) is 5.91 Å². The molecule has 0 bridgehead atoms. The van der Waals surface area contributed by atoms with Crippen molar-refractivity contribution >= 4 is 17.1 Å². The van der Waals surface area contributed by atoms with Crippen LogP contribution in [0.25, 0.3) is 16.8 Å². The third kappa shape index (κ3) is 4.49. The third-order valence-electron chi connectivity index (χ3n) is 6.46. The minimum atomic E-state index is -0.351. The van der Waals surface area contributed by atoms with Crippen molar-refractivity contribution in [1.82, 2.24) is 24.3 Å². The summed E-state index contributed by atoms with van der Waals surface area (Å²) in [4.78, 5) is 30.2. The summed E-state index contributed by atoms with van der Waals surface area (Å²) in [5.74, 6) is 1.94. The fourth-order valence-corrected chi connectivity index (χ4v) is 4.43. The number of benzene rings is 2. The average Bonchev–Trinajstić information content (AvgIpc) is 3.38. The van der Waals surface area contributed by atoms with E-state index in [1.807, 2.05) is 48.5 Å². The predicted octanol–water partition coefficient (Wildman–Crippen LogP) is 2.23. The molecule has 2 aromatic carbocycles. The van der Waals surface area contributed by atoms with Crippen molar-refractivity contribution in [3.05, 3.63) is 70.8 Å².